The first kappa shape index (κ1) is 9.57. The van der Waals surface area contributed by atoms with Crippen molar-refractivity contribution >= 4 is 38.4 Å². The molecule has 0 aliphatic heterocycles. The topological polar surface area (TPSA) is 20.1 Å². The van der Waals surface area contributed by atoms with E-state index in [1.807, 2.05) is 18.3 Å². The molecule has 0 spiro atoms. The van der Waals surface area contributed by atoms with Crippen LogP contribution < -0.4 is 0 Å². The van der Waals surface area contributed by atoms with E-state index in [0.29, 0.717) is 11.6 Å². The van der Waals surface area contributed by atoms with Gasteiger partial charge in [-0.15, -0.1) is 0 Å². The maximum atomic E-state index is 6.83. The van der Waals surface area contributed by atoms with Gasteiger partial charge in [-0.05, 0) is 12.1 Å². The number of aromatic amines is 1. The standard InChI is InChI=1S/C10H6BrClN2/c1-13-4-6-5-14-10-8(6)2-7(11)3-9(10)12/h2-3,5,14H,4H2. The molecule has 0 saturated carbocycles. The van der Waals surface area contributed by atoms with E-state index in [2.05, 4.69) is 25.8 Å². The van der Waals surface area contributed by atoms with Crippen LogP contribution >= 0.6 is 27.5 Å². The minimum atomic E-state index is 0.382. The highest BCUT2D eigenvalue weighted by Gasteiger charge is 2.09. The van der Waals surface area contributed by atoms with Crippen molar-refractivity contribution in [3.05, 3.63) is 44.8 Å². The highest BCUT2D eigenvalue weighted by molar-refractivity contribution is 9.10. The summed E-state index contributed by atoms with van der Waals surface area (Å²) in [4.78, 5) is 6.43. The van der Waals surface area contributed by atoms with Gasteiger partial charge in [-0.3, -0.25) is 0 Å². The number of nitrogens with one attached hydrogen (secondary N) is 1. The Labute approximate surface area is 94.8 Å². The largest absolute Gasteiger partial charge is 0.359 e. The minimum Gasteiger partial charge on any atom is -0.359 e. The predicted octanol–water partition coefficient (Wildman–Crippen LogP) is 4.00. The third kappa shape index (κ3) is 1.52. The molecule has 0 atom stereocenters. The number of benzene rings is 1. The molecule has 0 bridgehead atoms. The van der Waals surface area contributed by atoms with E-state index in [4.69, 9.17) is 18.2 Å². The molecule has 2 aromatic rings. The first-order chi connectivity index (χ1) is 6.72. The summed E-state index contributed by atoms with van der Waals surface area (Å²) in [7, 11) is 0. The van der Waals surface area contributed by atoms with Crippen molar-refractivity contribution < 1.29 is 0 Å². The third-order valence-electron chi connectivity index (χ3n) is 2.04. The molecular weight excluding hydrogens is 263 g/mol. The fourth-order valence-corrected chi connectivity index (χ4v) is 2.29. The molecule has 0 fully saturated rings. The molecule has 0 radical (unpaired) electrons. The second-order valence-corrected chi connectivity index (χ2v) is 4.26. The molecule has 1 N–H and O–H groups in total. The van der Waals surface area contributed by atoms with Crippen molar-refractivity contribution in [2.75, 3.05) is 0 Å². The molecule has 2 rings (SSSR count). The van der Waals surface area contributed by atoms with Crippen LogP contribution in [0, 0.1) is 6.57 Å². The van der Waals surface area contributed by atoms with Gasteiger partial charge in [-0.1, -0.05) is 27.5 Å². The molecule has 0 aliphatic carbocycles. The van der Waals surface area contributed by atoms with Gasteiger partial charge in [0.05, 0.1) is 16.1 Å². The van der Waals surface area contributed by atoms with E-state index < -0.39 is 0 Å². The smallest absolute Gasteiger partial charge is 0.241 e. The zero-order valence-corrected chi connectivity index (χ0v) is 9.48. The Kier molecular flexibility index (Phi) is 2.49. The number of rotatable bonds is 1. The van der Waals surface area contributed by atoms with E-state index in [0.717, 1.165) is 20.9 Å². The zero-order valence-electron chi connectivity index (χ0n) is 7.14. The summed E-state index contributed by atoms with van der Waals surface area (Å²) in [5.41, 5.74) is 1.88. The molecule has 1 aromatic carbocycles. The van der Waals surface area contributed by atoms with Gasteiger partial charge in [0.2, 0.25) is 6.54 Å². The summed E-state index contributed by atoms with van der Waals surface area (Å²) in [5, 5.41) is 1.69. The summed E-state index contributed by atoms with van der Waals surface area (Å²) in [6, 6.07) is 3.81. The Balaban J connectivity index is 2.73. The lowest BCUT2D eigenvalue weighted by atomic mass is 10.2. The highest BCUT2D eigenvalue weighted by atomic mass is 79.9. The van der Waals surface area contributed by atoms with Crippen LogP contribution in [-0.4, -0.2) is 4.98 Å². The van der Waals surface area contributed by atoms with Crippen LogP contribution in [0.2, 0.25) is 5.02 Å². The molecule has 0 unspecified atom stereocenters. The molecular formula is C10H6BrClN2. The van der Waals surface area contributed by atoms with Crippen LogP contribution in [0.1, 0.15) is 5.56 Å². The molecule has 70 valence electrons. The Morgan fingerprint density at radius 2 is 2.29 bits per heavy atom. The summed E-state index contributed by atoms with van der Waals surface area (Å²) < 4.78 is 0.931. The van der Waals surface area contributed by atoms with Crippen molar-refractivity contribution in [2.45, 2.75) is 6.54 Å². The summed E-state index contributed by atoms with van der Waals surface area (Å²) in [5.74, 6) is 0. The molecule has 4 heteroatoms. The van der Waals surface area contributed by atoms with E-state index in [-0.39, 0.29) is 0 Å². The van der Waals surface area contributed by atoms with Crippen LogP contribution in [0.5, 0.6) is 0 Å². The summed E-state index contributed by atoms with van der Waals surface area (Å²) >= 11 is 9.41. The number of halogens is 2. The Morgan fingerprint density at radius 1 is 1.50 bits per heavy atom. The first-order valence-corrected chi connectivity index (χ1v) is 5.17. The molecule has 1 aromatic heterocycles. The van der Waals surface area contributed by atoms with Crippen LogP contribution in [0.25, 0.3) is 15.7 Å². The van der Waals surface area contributed by atoms with E-state index in [1.165, 1.54) is 0 Å². The van der Waals surface area contributed by atoms with Crippen LogP contribution in [0.15, 0.2) is 22.8 Å². The van der Waals surface area contributed by atoms with Crippen molar-refractivity contribution in [1.29, 1.82) is 0 Å². The van der Waals surface area contributed by atoms with Crippen molar-refractivity contribution in [3.63, 3.8) is 0 Å². The van der Waals surface area contributed by atoms with Crippen LogP contribution in [0.4, 0.5) is 0 Å². The predicted molar refractivity (Wildman–Crippen MR) is 61.3 cm³/mol. The average molecular weight is 270 g/mol. The molecule has 0 amide bonds. The number of fused-ring (bicyclic) bond motifs is 1. The van der Waals surface area contributed by atoms with E-state index in [1.54, 1.807) is 0 Å². The van der Waals surface area contributed by atoms with Gasteiger partial charge in [-0.2, -0.15) is 0 Å². The SMILES string of the molecule is [C-]#[N+]Cc1c[nH]c2c(Cl)cc(Br)cc12. The van der Waals surface area contributed by atoms with Gasteiger partial charge >= 0.3 is 0 Å². The van der Waals surface area contributed by atoms with Gasteiger partial charge < -0.3 is 9.83 Å². The van der Waals surface area contributed by atoms with Crippen LogP contribution in [-0.2, 0) is 6.54 Å². The van der Waals surface area contributed by atoms with Gasteiger partial charge in [0.1, 0.15) is 0 Å². The van der Waals surface area contributed by atoms with Gasteiger partial charge in [-0.25, -0.2) is 6.57 Å². The Morgan fingerprint density at radius 3 is 3.00 bits per heavy atom. The highest BCUT2D eigenvalue weighted by Crippen LogP contribution is 2.29. The summed E-state index contributed by atoms with van der Waals surface area (Å²) in [6.45, 7) is 7.21. The quantitative estimate of drug-likeness (QED) is 0.755. The Bertz CT molecular complexity index is 525. The van der Waals surface area contributed by atoms with E-state index >= 15 is 0 Å². The number of hydrogen-bond acceptors (Lipinski definition) is 0. The number of nitrogens with zero attached hydrogens (tertiary/aromatic N) is 1. The first-order valence-electron chi connectivity index (χ1n) is 4.00. The molecule has 1 heterocycles. The second-order valence-electron chi connectivity index (χ2n) is 2.94. The molecule has 2 nitrogen and oxygen atoms in total. The Hall–Kier alpha value is -0.980. The summed E-state index contributed by atoms with van der Waals surface area (Å²) in [6.07, 6.45) is 1.83. The van der Waals surface area contributed by atoms with Gasteiger partial charge in [0, 0.05) is 16.1 Å². The average Bonchev–Trinajstić information content (AvgIpc) is 2.49. The van der Waals surface area contributed by atoms with E-state index in [9.17, 15) is 0 Å². The maximum Gasteiger partial charge on any atom is 0.241 e. The monoisotopic (exact) mass is 268 g/mol. The normalized spacial score (nSPS) is 10.4. The lowest BCUT2D eigenvalue weighted by Crippen LogP contribution is -1.76. The second kappa shape index (κ2) is 3.64. The molecule has 14 heavy (non-hydrogen) atoms. The fourth-order valence-electron chi connectivity index (χ4n) is 1.43. The fraction of sp³-hybridized carbons (Fsp3) is 0.100. The van der Waals surface area contributed by atoms with Crippen molar-refractivity contribution in [3.8, 4) is 0 Å². The van der Waals surface area contributed by atoms with Crippen LogP contribution in [0.3, 0.4) is 0 Å². The maximum absolute atomic E-state index is 6.83. The lowest BCUT2D eigenvalue weighted by molar-refractivity contribution is 1.28. The minimum absolute atomic E-state index is 0.382. The zero-order chi connectivity index (χ0) is 10.1. The molecule has 0 saturated heterocycles. The number of hydrogen-bond donors (Lipinski definition) is 1. The lowest BCUT2D eigenvalue weighted by Gasteiger charge is -1.96. The molecule has 0 aliphatic rings. The third-order valence-corrected chi connectivity index (χ3v) is 2.80. The number of aromatic nitrogens is 1. The number of H-pyrrole nitrogens is 1. The van der Waals surface area contributed by atoms with Gasteiger partial charge in [0.15, 0.2) is 0 Å². The van der Waals surface area contributed by atoms with Crippen molar-refractivity contribution in [2.24, 2.45) is 0 Å². The van der Waals surface area contributed by atoms with Gasteiger partial charge in [0.25, 0.3) is 0 Å². The van der Waals surface area contributed by atoms with Crippen molar-refractivity contribution in [1.82, 2.24) is 4.98 Å².